The van der Waals surface area contributed by atoms with Gasteiger partial charge in [-0.3, -0.25) is 9.36 Å². The molecule has 1 atom stereocenters. The van der Waals surface area contributed by atoms with Crippen LogP contribution in [0.2, 0.25) is 0 Å². The molecule has 0 unspecified atom stereocenters. The third-order valence-corrected chi connectivity index (χ3v) is 4.26. The van der Waals surface area contributed by atoms with Crippen LogP contribution in [0, 0.1) is 0 Å². The molecule has 2 N–H and O–H groups in total. The Bertz CT molecular complexity index is 1050. The number of ether oxygens (including phenoxy) is 1. The topological polar surface area (TPSA) is 102 Å². The van der Waals surface area contributed by atoms with Crippen molar-refractivity contribution >= 4 is 17.8 Å². The van der Waals surface area contributed by atoms with Crippen molar-refractivity contribution in [2.45, 2.75) is 26.1 Å². The summed E-state index contributed by atoms with van der Waals surface area (Å²) in [6.07, 6.45) is 0.845. The predicted octanol–water partition coefficient (Wildman–Crippen LogP) is 2.55. The lowest BCUT2D eigenvalue weighted by atomic mass is 10.2. The van der Waals surface area contributed by atoms with Crippen molar-refractivity contribution in [1.82, 2.24) is 14.9 Å². The number of rotatable bonds is 7. The van der Waals surface area contributed by atoms with Crippen molar-refractivity contribution < 1.29 is 14.3 Å². The smallest absolute Gasteiger partial charge is 0.408 e. The summed E-state index contributed by atoms with van der Waals surface area (Å²) in [5, 5.41) is 4.96. The monoisotopic (exact) mass is 406 g/mol. The van der Waals surface area contributed by atoms with E-state index in [1.807, 2.05) is 60.7 Å². The highest BCUT2D eigenvalue weighted by atomic mass is 16.5. The molecular weight excluding hydrogens is 384 g/mol. The average molecular weight is 406 g/mol. The Morgan fingerprint density at radius 1 is 1.00 bits per heavy atom. The molecular formula is C22H22N4O4. The summed E-state index contributed by atoms with van der Waals surface area (Å²) in [5.74, 6) is -0.403. The second-order valence-electron chi connectivity index (χ2n) is 6.63. The quantitative estimate of drug-likeness (QED) is 0.628. The van der Waals surface area contributed by atoms with Crippen LogP contribution in [0.5, 0.6) is 0 Å². The van der Waals surface area contributed by atoms with Gasteiger partial charge in [0, 0.05) is 6.20 Å². The SMILES string of the molecule is C[C@H](NC(=O)OCc1ccccc1)C(=O)Nc1ccn(Cc2ccccc2)c(=O)n1. The van der Waals surface area contributed by atoms with Gasteiger partial charge >= 0.3 is 11.8 Å². The van der Waals surface area contributed by atoms with Crippen molar-refractivity contribution in [3.05, 3.63) is 94.5 Å². The van der Waals surface area contributed by atoms with Gasteiger partial charge in [-0.15, -0.1) is 0 Å². The average Bonchev–Trinajstić information content (AvgIpc) is 2.75. The zero-order chi connectivity index (χ0) is 21.3. The molecule has 8 heteroatoms. The van der Waals surface area contributed by atoms with E-state index in [-0.39, 0.29) is 12.4 Å². The Labute approximate surface area is 173 Å². The van der Waals surface area contributed by atoms with Gasteiger partial charge < -0.3 is 15.4 Å². The molecule has 0 saturated heterocycles. The molecule has 0 aliphatic rings. The molecule has 0 radical (unpaired) electrons. The highest BCUT2D eigenvalue weighted by Gasteiger charge is 2.17. The maximum atomic E-state index is 12.3. The molecule has 1 aromatic heterocycles. The summed E-state index contributed by atoms with van der Waals surface area (Å²) in [4.78, 5) is 40.2. The van der Waals surface area contributed by atoms with E-state index in [4.69, 9.17) is 4.74 Å². The van der Waals surface area contributed by atoms with E-state index in [2.05, 4.69) is 15.6 Å². The lowest BCUT2D eigenvalue weighted by molar-refractivity contribution is -0.117. The second-order valence-corrected chi connectivity index (χ2v) is 6.63. The summed E-state index contributed by atoms with van der Waals surface area (Å²) < 4.78 is 6.53. The van der Waals surface area contributed by atoms with E-state index in [0.717, 1.165) is 11.1 Å². The van der Waals surface area contributed by atoms with Crippen LogP contribution in [0.4, 0.5) is 10.6 Å². The van der Waals surface area contributed by atoms with E-state index < -0.39 is 23.7 Å². The van der Waals surface area contributed by atoms with Crippen LogP contribution in [-0.2, 0) is 22.7 Å². The van der Waals surface area contributed by atoms with Crippen LogP contribution in [0.25, 0.3) is 0 Å². The van der Waals surface area contributed by atoms with E-state index >= 15 is 0 Å². The Balaban J connectivity index is 1.51. The number of alkyl carbamates (subject to hydrolysis) is 1. The van der Waals surface area contributed by atoms with Crippen molar-refractivity contribution in [3.63, 3.8) is 0 Å². The van der Waals surface area contributed by atoms with Crippen LogP contribution >= 0.6 is 0 Å². The van der Waals surface area contributed by atoms with Crippen LogP contribution in [0.15, 0.2) is 77.7 Å². The minimum absolute atomic E-state index is 0.0994. The number of hydrogen-bond donors (Lipinski definition) is 2. The first-order chi connectivity index (χ1) is 14.5. The molecule has 3 aromatic rings. The van der Waals surface area contributed by atoms with E-state index in [9.17, 15) is 14.4 Å². The summed E-state index contributed by atoms with van der Waals surface area (Å²) in [7, 11) is 0. The number of benzene rings is 2. The molecule has 0 spiro atoms. The molecule has 3 rings (SSSR count). The molecule has 30 heavy (non-hydrogen) atoms. The number of amides is 2. The summed E-state index contributed by atoms with van der Waals surface area (Å²) >= 11 is 0. The highest BCUT2D eigenvalue weighted by molar-refractivity contribution is 5.95. The van der Waals surface area contributed by atoms with Gasteiger partial charge in [0.05, 0.1) is 6.54 Å². The van der Waals surface area contributed by atoms with Crippen molar-refractivity contribution in [3.8, 4) is 0 Å². The maximum Gasteiger partial charge on any atom is 0.408 e. The fraction of sp³-hybridized carbons (Fsp3) is 0.182. The number of nitrogens with one attached hydrogen (secondary N) is 2. The first kappa shape index (κ1) is 20.8. The van der Waals surface area contributed by atoms with Gasteiger partial charge in [-0.05, 0) is 24.1 Å². The number of carbonyl (C=O) groups is 2. The minimum Gasteiger partial charge on any atom is -0.445 e. The molecule has 1 heterocycles. The van der Waals surface area contributed by atoms with Crippen LogP contribution in [0.3, 0.4) is 0 Å². The van der Waals surface area contributed by atoms with Gasteiger partial charge in [0.1, 0.15) is 18.5 Å². The minimum atomic E-state index is -0.873. The summed E-state index contributed by atoms with van der Waals surface area (Å²) in [6, 6.07) is 19.4. The van der Waals surface area contributed by atoms with Crippen molar-refractivity contribution in [2.75, 3.05) is 5.32 Å². The number of hydrogen-bond acceptors (Lipinski definition) is 5. The standard InChI is InChI=1S/C22H22N4O4/c1-16(23-22(29)30-15-18-10-6-3-7-11-18)20(27)24-19-12-13-26(21(28)25-19)14-17-8-4-2-5-9-17/h2-13,16H,14-15H2,1H3,(H,23,29)(H,24,25,27,28)/t16-/m0/s1. The first-order valence-corrected chi connectivity index (χ1v) is 9.41. The lowest BCUT2D eigenvalue weighted by Gasteiger charge is -2.14. The van der Waals surface area contributed by atoms with Crippen LogP contribution < -0.4 is 16.3 Å². The molecule has 2 aromatic carbocycles. The molecule has 2 amide bonds. The number of anilines is 1. The Hall–Kier alpha value is -3.94. The van der Waals surface area contributed by atoms with Gasteiger partial charge in [0.15, 0.2) is 0 Å². The number of nitrogens with zero attached hydrogens (tertiary/aromatic N) is 2. The normalized spacial score (nSPS) is 11.4. The summed E-state index contributed by atoms with van der Waals surface area (Å²) in [6.45, 7) is 1.99. The van der Waals surface area contributed by atoms with E-state index in [1.54, 1.807) is 6.20 Å². The third-order valence-electron chi connectivity index (χ3n) is 4.26. The predicted molar refractivity (Wildman–Crippen MR) is 112 cm³/mol. The third kappa shape index (κ3) is 6.03. The zero-order valence-corrected chi connectivity index (χ0v) is 16.4. The van der Waals surface area contributed by atoms with Gasteiger partial charge in [-0.25, -0.2) is 9.59 Å². The fourth-order valence-electron chi connectivity index (χ4n) is 2.64. The molecule has 0 saturated carbocycles. The van der Waals surface area contributed by atoms with Gasteiger partial charge in [0.2, 0.25) is 5.91 Å². The lowest BCUT2D eigenvalue weighted by Crippen LogP contribution is -2.42. The molecule has 8 nitrogen and oxygen atoms in total. The molecule has 0 aliphatic carbocycles. The van der Waals surface area contributed by atoms with Gasteiger partial charge in [-0.1, -0.05) is 60.7 Å². The van der Waals surface area contributed by atoms with Crippen molar-refractivity contribution in [1.29, 1.82) is 0 Å². The van der Waals surface area contributed by atoms with Crippen molar-refractivity contribution in [2.24, 2.45) is 0 Å². The fourth-order valence-corrected chi connectivity index (χ4v) is 2.64. The molecule has 0 fully saturated rings. The van der Waals surface area contributed by atoms with Crippen LogP contribution in [-0.4, -0.2) is 27.6 Å². The second kappa shape index (κ2) is 10.0. The van der Waals surface area contributed by atoms with Gasteiger partial charge in [-0.2, -0.15) is 4.98 Å². The van der Waals surface area contributed by atoms with E-state index in [0.29, 0.717) is 6.54 Å². The summed E-state index contributed by atoms with van der Waals surface area (Å²) in [5.41, 5.74) is 1.31. The number of aromatic nitrogens is 2. The van der Waals surface area contributed by atoms with Gasteiger partial charge in [0.25, 0.3) is 0 Å². The highest BCUT2D eigenvalue weighted by Crippen LogP contribution is 2.04. The van der Waals surface area contributed by atoms with E-state index in [1.165, 1.54) is 17.6 Å². The maximum absolute atomic E-state index is 12.3. The largest absolute Gasteiger partial charge is 0.445 e. The molecule has 0 aliphatic heterocycles. The number of carbonyl (C=O) groups excluding carboxylic acids is 2. The van der Waals surface area contributed by atoms with Crippen LogP contribution in [0.1, 0.15) is 18.1 Å². The Kier molecular flexibility index (Phi) is 6.94. The Morgan fingerprint density at radius 2 is 1.63 bits per heavy atom. The Morgan fingerprint density at radius 3 is 2.27 bits per heavy atom. The molecule has 154 valence electrons. The zero-order valence-electron chi connectivity index (χ0n) is 16.4. The molecule has 0 bridgehead atoms. The first-order valence-electron chi connectivity index (χ1n) is 9.41.